The highest BCUT2D eigenvalue weighted by molar-refractivity contribution is 9.10. The van der Waals surface area contributed by atoms with E-state index in [2.05, 4.69) is 15.9 Å². The van der Waals surface area contributed by atoms with Crippen LogP contribution in [0, 0.1) is 0 Å². The van der Waals surface area contributed by atoms with Crippen LogP contribution in [-0.2, 0) is 4.74 Å². The first-order valence-electron chi connectivity index (χ1n) is 5.86. The average molecular weight is 313 g/mol. The highest BCUT2D eigenvalue weighted by Gasteiger charge is 2.34. The third-order valence-electron chi connectivity index (χ3n) is 3.13. The van der Waals surface area contributed by atoms with Gasteiger partial charge in [0.2, 0.25) is 0 Å². The molecule has 0 aromatic heterocycles. The lowest BCUT2D eigenvalue weighted by atomic mass is 10.0. The number of hydrogen-bond donors (Lipinski definition) is 1. The van der Waals surface area contributed by atoms with Crippen molar-refractivity contribution >= 4 is 27.5 Å². The highest BCUT2D eigenvalue weighted by atomic mass is 79.9. The number of benzene rings is 1. The summed E-state index contributed by atoms with van der Waals surface area (Å²) >= 11 is 3.33. The molecule has 0 unspecified atom stereocenters. The normalized spacial score (nSPS) is 18.7. The Labute approximate surface area is 115 Å². The summed E-state index contributed by atoms with van der Waals surface area (Å²) in [7, 11) is 0. The van der Waals surface area contributed by atoms with Crippen molar-refractivity contribution in [3.8, 4) is 0 Å². The van der Waals surface area contributed by atoms with E-state index < -0.39 is 0 Å². The average Bonchev–Trinajstić information content (AvgIpc) is 2.31. The number of hydrogen-bond acceptors (Lipinski definition) is 3. The number of carbonyl (C=O) groups excluding carboxylic acids is 1. The van der Waals surface area contributed by atoms with Crippen LogP contribution in [0.2, 0.25) is 0 Å². The number of nitrogen functional groups attached to an aromatic ring is 1. The van der Waals surface area contributed by atoms with Crippen molar-refractivity contribution in [2.24, 2.45) is 0 Å². The van der Waals surface area contributed by atoms with Gasteiger partial charge < -0.3 is 15.4 Å². The van der Waals surface area contributed by atoms with E-state index in [9.17, 15) is 4.79 Å². The van der Waals surface area contributed by atoms with Crippen molar-refractivity contribution in [1.82, 2.24) is 4.90 Å². The minimum absolute atomic E-state index is 0.00231. The van der Waals surface area contributed by atoms with Gasteiger partial charge in [0.1, 0.15) is 0 Å². The van der Waals surface area contributed by atoms with E-state index in [1.165, 1.54) is 0 Å². The van der Waals surface area contributed by atoms with Gasteiger partial charge in [-0.2, -0.15) is 0 Å². The van der Waals surface area contributed by atoms with Crippen molar-refractivity contribution < 1.29 is 9.53 Å². The lowest BCUT2D eigenvalue weighted by Crippen LogP contribution is -2.55. The lowest BCUT2D eigenvalue weighted by Gasteiger charge is -2.42. The molecule has 1 aliphatic rings. The van der Waals surface area contributed by atoms with Crippen LogP contribution >= 0.6 is 15.9 Å². The fourth-order valence-corrected chi connectivity index (χ4v) is 2.31. The van der Waals surface area contributed by atoms with Crippen molar-refractivity contribution in [3.05, 3.63) is 28.2 Å². The minimum Gasteiger partial charge on any atom is -0.398 e. The SMILES string of the molecule is CC1(C)COCCN1C(=O)c1ccc(Br)c(N)c1. The number of nitrogens with two attached hydrogens (primary N) is 1. The third kappa shape index (κ3) is 2.52. The first-order valence-corrected chi connectivity index (χ1v) is 6.66. The van der Waals surface area contributed by atoms with Crippen LogP contribution in [0.4, 0.5) is 5.69 Å². The monoisotopic (exact) mass is 312 g/mol. The number of amides is 1. The maximum atomic E-state index is 12.5. The van der Waals surface area contributed by atoms with E-state index in [1.54, 1.807) is 18.2 Å². The minimum atomic E-state index is -0.281. The predicted molar refractivity (Wildman–Crippen MR) is 74.5 cm³/mol. The second-order valence-corrected chi connectivity index (χ2v) is 5.91. The van der Waals surface area contributed by atoms with Crippen LogP contribution in [0.25, 0.3) is 0 Å². The summed E-state index contributed by atoms with van der Waals surface area (Å²) in [6.45, 7) is 5.77. The molecule has 1 amide bonds. The second kappa shape index (κ2) is 4.90. The molecule has 2 N–H and O–H groups in total. The number of ether oxygens (including phenoxy) is 1. The molecule has 0 spiro atoms. The number of halogens is 1. The topological polar surface area (TPSA) is 55.6 Å². The van der Waals surface area contributed by atoms with Gasteiger partial charge in [0.25, 0.3) is 5.91 Å². The molecule has 4 nitrogen and oxygen atoms in total. The van der Waals surface area contributed by atoms with Gasteiger partial charge in [0.15, 0.2) is 0 Å². The molecule has 1 aromatic rings. The molecule has 1 heterocycles. The number of anilines is 1. The molecule has 1 saturated heterocycles. The molecule has 1 aliphatic heterocycles. The Morgan fingerprint density at radius 2 is 2.22 bits per heavy atom. The Kier molecular flexibility index (Phi) is 3.64. The van der Waals surface area contributed by atoms with Crippen LogP contribution in [0.3, 0.4) is 0 Å². The van der Waals surface area contributed by atoms with Crippen molar-refractivity contribution in [3.63, 3.8) is 0 Å². The highest BCUT2D eigenvalue weighted by Crippen LogP contribution is 2.25. The van der Waals surface area contributed by atoms with Gasteiger partial charge in [0.05, 0.1) is 18.8 Å². The summed E-state index contributed by atoms with van der Waals surface area (Å²) in [5.74, 6) is 0.00231. The molecule has 18 heavy (non-hydrogen) atoms. The molecule has 2 rings (SSSR count). The maximum absolute atomic E-state index is 12.5. The van der Waals surface area contributed by atoms with Crippen molar-refractivity contribution in [2.45, 2.75) is 19.4 Å². The molecule has 0 bridgehead atoms. The molecular weight excluding hydrogens is 296 g/mol. The van der Waals surface area contributed by atoms with Crippen molar-refractivity contribution in [2.75, 3.05) is 25.5 Å². The Morgan fingerprint density at radius 1 is 1.50 bits per heavy atom. The molecule has 0 saturated carbocycles. The van der Waals surface area contributed by atoms with E-state index in [0.717, 1.165) is 4.47 Å². The molecule has 1 aromatic carbocycles. The fraction of sp³-hybridized carbons (Fsp3) is 0.462. The van der Waals surface area contributed by atoms with E-state index >= 15 is 0 Å². The standard InChI is InChI=1S/C13H17BrN2O2/c1-13(2)8-18-6-5-16(13)12(17)9-3-4-10(14)11(15)7-9/h3-4,7H,5-6,8,15H2,1-2H3. The first kappa shape index (κ1) is 13.4. The summed E-state index contributed by atoms with van der Waals surface area (Å²) < 4.78 is 6.22. The summed E-state index contributed by atoms with van der Waals surface area (Å²) in [6.07, 6.45) is 0. The van der Waals surface area contributed by atoms with Crippen molar-refractivity contribution in [1.29, 1.82) is 0 Å². The number of nitrogens with zero attached hydrogens (tertiary/aromatic N) is 1. The largest absolute Gasteiger partial charge is 0.398 e. The Bertz CT molecular complexity index is 474. The second-order valence-electron chi connectivity index (χ2n) is 5.06. The zero-order chi connectivity index (χ0) is 13.3. The predicted octanol–water partition coefficient (Wildman–Crippen LogP) is 2.28. The molecule has 5 heteroatoms. The third-order valence-corrected chi connectivity index (χ3v) is 3.86. The lowest BCUT2D eigenvalue weighted by molar-refractivity contribution is -0.0370. The van der Waals surface area contributed by atoms with Gasteiger partial charge in [-0.3, -0.25) is 4.79 Å². The van der Waals surface area contributed by atoms with Gasteiger partial charge in [0, 0.05) is 22.3 Å². The molecule has 98 valence electrons. The molecule has 0 aliphatic carbocycles. The summed E-state index contributed by atoms with van der Waals surface area (Å²) in [5.41, 5.74) is 6.72. The van der Waals surface area contributed by atoms with Gasteiger partial charge in [-0.05, 0) is 48.0 Å². The molecular formula is C13H17BrN2O2. The van der Waals surface area contributed by atoms with E-state index in [-0.39, 0.29) is 11.4 Å². The first-order chi connectivity index (χ1) is 8.42. The van der Waals surface area contributed by atoms with Crippen LogP contribution in [0.1, 0.15) is 24.2 Å². The van der Waals surface area contributed by atoms with Gasteiger partial charge in [-0.1, -0.05) is 0 Å². The maximum Gasteiger partial charge on any atom is 0.254 e. The smallest absolute Gasteiger partial charge is 0.254 e. The Hall–Kier alpha value is -1.07. The molecule has 1 fully saturated rings. The van der Waals surface area contributed by atoms with E-state index in [4.69, 9.17) is 10.5 Å². The van der Waals surface area contributed by atoms with E-state index in [1.807, 2.05) is 18.7 Å². The van der Waals surface area contributed by atoms with Crippen LogP contribution in [-0.4, -0.2) is 36.1 Å². The Balaban J connectivity index is 2.27. The number of morpholine rings is 1. The van der Waals surface area contributed by atoms with Gasteiger partial charge in [-0.15, -0.1) is 0 Å². The molecule has 0 radical (unpaired) electrons. The van der Waals surface area contributed by atoms with Crippen LogP contribution in [0.15, 0.2) is 22.7 Å². The van der Waals surface area contributed by atoms with E-state index in [0.29, 0.717) is 31.0 Å². The fourth-order valence-electron chi connectivity index (χ4n) is 2.07. The Morgan fingerprint density at radius 3 is 2.83 bits per heavy atom. The van der Waals surface area contributed by atoms with Gasteiger partial charge in [-0.25, -0.2) is 0 Å². The summed E-state index contributed by atoms with van der Waals surface area (Å²) in [6, 6.07) is 5.29. The zero-order valence-electron chi connectivity index (χ0n) is 10.6. The molecule has 0 atom stereocenters. The zero-order valence-corrected chi connectivity index (χ0v) is 12.2. The number of carbonyl (C=O) groups is 1. The quantitative estimate of drug-likeness (QED) is 0.809. The van der Waals surface area contributed by atoms with Crippen LogP contribution < -0.4 is 5.73 Å². The van der Waals surface area contributed by atoms with Gasteiger partial charge >= 0.3 is 0 Å². The van der Waals surface area contributed by atoms with Crippen LogP contribution in [0.5, 0.6) is 0 Å². The summed E-state index contributed by atoms with van der Waals surface area (Å²) in [5, 5.41) is 0. The summed E-state index contributed by atoms with van der Waals surface area (Å²) in [4.78, 5) is 14.3. The number of rotatable bonds is 1.